The van der Waals surface area contributed by atoms with Gasteiger partial charge in [0.1, 0.15) is 0 Å². The highest BCUT2D eigenvalue weighted by molar-refractivity contribution is 5.85. The van der Waals surface area contributed by atoms with Crippen molar-refractivity contribution < 1.29 is 9.47 Å². The minimum atomic E-state index is -0.0589. The normalized spacial score (nSPS) is 19.8. The third-order valence-electron chi connectivity index (χ3n) is 4.63. The molecular weight excluding hydrogens is 286 g/mol. The van der Waals surface area contributed by atoms with Gasteiger partial charge in [-0.25, -0.2) is 0 Å². The molecule has 0 saturated carbocycles. The lowest BCUT2D eigenvalue weighted by Gasteiger charge is -2.23. The summed E-state index contributed by atoms with van der Waals surface area (Å²) < 4.78 is 11.7. The molecule has 2 atom stereocenters. The van der Waals surface area contributed by atoms with Crippen molar-refractivity contribution in [3.63, 3.8) is 0 Å². The maximum atomic E-state index is 6.02. The minimum Gasteiger partial charge on any atom is -0.356 e. The third kappa shape index (κ3) is 3.67. The number of ether oxygens (including phenoxy) is 2. The van der Waals surface area contributed by atoms with Crippen LogP contribution in [0.3, 0.4) is 0 Å². The van der Waals surface area contributed by atoms with Gasteiger partial charge in [0.15, 0.2) is 6.29 Å². The quantitative estimate of drug-likeness (QED) is 0.706. The van der Waals surface area contributed by atoms with E-state index in [1.165, 1.54) is 28.6 Å². The molecule has 1 aromatic heterocycles. The number of aromatic amines is 1. The van der Waals surface area contributed by atoms with Crippen LogP contribution in [-0.2, 0) is 16.1 Å². The van der Waals surface area contributed by atoms with Gasteiger partial charge in [-0.2, -0.15) is 0 Å². The number of nitrogens with one attached hydrogen (secondary N) is 1. The molecule has 124 valence electrons. The van der Waals surface area contributed by atoms with E-state index in [4.69, 9.17) is 9.47 Å². The number of aromatic nitrogens is 1. The molecule has 0 amide bonds. The Labute approximate surface area is 138 Å². The smallest absolute Gasteiger partial charge is 0.158 e. The van der Waals surface area contributed by atoms with Crippen LogP contribution in [0.15, 0.2) is 36.9 Å². The molecule has 2 unspecified atom stereocenters. The largest absolute Gasteiger partial charge is 0.356 e. The van der Waals surface area contributed by atoms with Crippen LogP contribution in [0.2, 0.25) is 0 Å². The molecule has 1 aromatic carbocycles. The summed E-state index contributed by atoms with van der Waals surface area (Å²) in [5.41, 5.74) is 3.68. The predicted octanol–water partition coefficient (Wildman–Crippen LogP) is 5.28. The second-order valence-electron chi connectivity index (χ2n) is 6.30. The van der Waals surface area contributed by atoms with Gasteiger partial charge >= 0.3 is 0 Å². The predicted molar refractivity (Wildman–Crippen MR) is 94.5 cm³/mol. The van der Waals surface area contributed by atoms with E-state index >= 15 is 0 Å². The number of hydrogen-bond acceptors (Lipinski definition) is 2. The molecule has 3 heteroatoms. The first-order valence-electron chi connectivity index (χ1n) is 8.78. The van der Waals surface area contributed by atoms with Crippen LogP contribution in [0.25, 0.3) is 10.9 Å². The average Bonchev–Trinajstić information content (AvgIpc) is 2.97. The Bertz CT molecular complexity index is 640. The summed E-state index contributed by atoms with van der Waals surface area (Å²) in [4.78, 5) is 3.55. The van der Waals surface area contributed by atoms with E-state index in [1.54, 1.807) is 0 Å². The summed E-state index contributed by atoms with van der Waals surface area (Å²) in [5.74, 6) is 0.363. The molecule has 0 radical (unpaired) electrons. The van der Waals surface area contributed by atoms with Crippen LogP contribution >= 0.6 is 0 Å². The Balaban J connectivity index is 1.86. The SMILES string of the molecule is C=CC(CCC)c1c(COC2CCCCO2)[nH]c2ccccc12. The number of para-hydroxylation sites is 1. The number of rotatable bonds is 7. The Morgan fingerprint density at radius 2 is 2.26 bits per heavy atom. The van der Waals surface area contributed by atoms with Crippen molar-refractivity contribution in [1.82, 2.24) is 4.98 Å². The molecule has 3 nitrogen and oxygen atoms in total. The van der Waals surface area contributed by atoms with Crippen LogP contribution < -0.4 is 0 Å². The highest BCUT2D eigenvalue weighted by Gasteiger charge is 2.20. The van der Waals surface area contributed by atoms with Crippen molar-refractivity contribution in [2.24, 2.45) is 0 Å². The van der Waals surface area contributed by atoms with Gasteiger partial charge in [-0.3, -0.25) is 0 Å². The number of H-pyrrole nitrogens is 1. The lowest BCUT2D eigenvalue weighted by Crippen LogP contribution is -2.22. The van der Waals surface area contributed by atoms with E-state index in [0.29, 0.717) is 12.5 Å². The van der Waals surface area contributed by atoms with Crippen molar-refractivity contribution >= 4 is 10.9 Å². The maximum Gasteiger partial charge on any atom is 0.158 e. The molecule has 1 fully saturated rings. The fraction of sp³-hybridized carbons (Fsp3) is 0.500. The van der Waals surface area contributed by atoms with Gasteiger partial charge in [-0.1, -0.05) is 37.6 Å². The van der Waals surface area contributed by atoms with Crippen molar-refractivity contribution in [1.29, 1.82) is 0 Å². The molecule has 1 saturated heterocycles. The van der Waals surface area contributed by atoms with E-state index < -0.39 is 0 Å². The highest BCUT2D eigenvalue weighted by Crippen LogP contribution is 2.33. The molecule has 1 N–H and O–H groups in total. The third-order valence-corrected chi connectivity index (χ3v) is 4.63. The van der Waals surface area contributed by atoms with E-state index in [2.05, 4.69) is 48.8 Å². The molecule has 2 aromatic rings. The lowest BCUT2D eigenvalue weighted by atomic mass is 9.92. The molecule has 1 aliphatic heterocycles. The molecule has 0 bridgehead atoms. The Hall–Kier alpha value is -1.58. The van der Waals surface area contributed by atoms with Crippen molar-refractivity contribution in [2.75, 3.05) is 6.61 Å². The fourth-order valence-corrected chi connectivity index (χ4v) is 3.47. The molecule has 0 aliphatic carbocycles. The molecular formula is C20H27NO2. The number of benzene rings is 1. The van der Waals surface area contributed by atoms with E-state index in [9.17, 15) is 0 Å². The fourth-order valence-electron chi connectivity index (χ4n) is 3.47. The van der Waals surface area contributed by atoms with Gasteiger partial charge in [0.05, 0.1) is 6.61 Å². The second-order valence-corrected chi connectivity index (χ2v) is 6.30. The maximum absolute atomic E-state index is 6.02. The molecule has 1 aliphatic rings. The van der Waals surface area contributed by atoms with Crippen LogP contribution in [0, 0.1) is 0 Å². The lowest BCUT2D eigenvalue weighted by molar-refractivity contribution is -0.169. The first-order chi connectivity index (χ1) is 11.3. The highest BCUT2D eigenvalue weighted by atomic mass is 16.7. The van der Waals surface area contributed by atoms with Gasteiger partial charge < -0.3 is 14.5 Å². The van der Waals surface area contributed by atoms with Gasteiger partial charge in [-0.05, 0) is 37.3 Å². The number of fused-ring (bicyclic) bond motifs is 1. The second kappa shape index (κ2) is 7.80. The Morgan fingerprint density at radius 3 is 3.00 bits per heavy atom. The monoisotopic (exact) mass is 313 g/mol. The molecule has 23 heavy (non-hydrogen) atoms. The van der Waals surface area contributed by atoms with Crippen LogP contribution in [-0.4, -0.2) is 17.9 Å². The molecule has 3 rings (SSSR count). The van der Waals surface area contributed by atoms with E-state index in [1.807, 2.05) is 0 Å². The number of allylic oxidation sites excluding steroid dienone is 1. The Kier molecular flexibility index (Phi) is 5.52. The van der Waals surface area contributed by atoms with Crippen LogP contribution in [0.1, 0.15) is 56.2 Å². The van der Waals surface area contributed by atoms with E-state index in [-0.39, 0.29) is 6.29 Å². The average molecular weight is 313 g/mol. The van der Waals surface area contributed by atoms with Crippen molar-refractivity contribution in [3.8, 4) is 0 Å². The van der Waals surface area contributed by atoms with Gasteiger partial charge in [-0.15, -0.1) is 6.58 Å². The summed E-state index contributed by atoms with van der Waals surface area (Å²) in [7, 11) is 0. The van der Waals surface area contributed by atoms with Crippen molar-refractivity contribution in [3.05, 3.63) is 48.2 Å². The topological polar surface area (TPSA) is 34.2 Å². The van der Waals surface area contributed by atoms with Crippen molar-refractivity contribution in [2.45, 2.75) is 57.8 Å². The van der Waals surface area contributed by atoms with Gasteiger partial charge in [0, 0.05) is 29.1 Å². The number of hydrogen-bond donors (Lipinski definition) is 1. The zero-order valence-electron chi connectivity index (χ0n) is 14.0. The van der Waals surface area contributed by atoms with Crippen LogP contribution in [0.4, 0.5) is 0 Å². The van der Waals surface area contributed by atoms with Gasteiger partial charge in [0.2, 0.25) is 0 Å². The first-order valence-corrected chi connectivity index (χ1v) is 8.78. The zero-order chi connectivity index (χ0) is 16.1. The standard InChI is InChI=1S/C20H27NO2/c1-3-9-15(4-2)20-16-10-5-6-11-17(16)21-18(20)14-23-19-12-7-8-13-22-19/h4-6,10-11,15,19,21H,2-3,7-9,12-14H2,1H3. The Morgan fingerprint density at radius 1 is 1.39 bits per heavy atom. The summed E-state index contributed by atoms with van der Waals surface area (Å²) in [6, 6.07) is 8.49. The summed E-state index contributed by atoms with van der Waals surface area (Å²) in [5, 5.41) is 1.29. The van der Waals surface area contributed by atoms with Crippen LogP contribution in [0.5, 0.6) is 0 Å². The molecule has 0 spiro atoms. The first kappa shape index (κ1) is 16.3. The van der Waals surface area contributed by atoms with Gasteiger partial charge in [0.25, 0.3) is 0 Å². The summed E-state index contributed by atoms with van der Waals surface area (Å²) in [6.45, 7) is 7.66. The molecule has 2 heterocycles. The summed E-state index contributed by atoms with van der Waals surface area (Å²) >= 11 is 0. The minimum absolute atomic E-state index is 0.0589. The van der Waals surface area contributed by atoms with E-state index in [0.717, 1.165) is 32.3 Å². The summed E-state index contributed by atoms with van der Waals surface area (Å²) in [6.07, 6.45) is 7.59. The zero-order valence-corrected chi connectivity index (χ0v) is 14.0.